The van der Waals surface area contributed by atoms with Crippen molar-refractivity contribution in [3.8, 4) is 0 Å². The van der Waals surface area contributed by atoms with Gasteiger partial charge in [0.2, 0.25) is 0 Å². The van der Waals surface area contributed by atoms with E-state index in [4.69, 9.17) is 4.74 Å². The minimum absolute atomic E-state index is 0.0197. The summed E-state index contributed by atoms with van der Waals surface area (Å²) < 4.78 is 5.05. The van der Waals surface area contributed by atoms with Crippen LogP contribution in [0.15, 0.2) is 59.5 Å². The van der Waals surface area contributed by atoms with Crippen LogP contribution in [0.1, 0.15) is 22.3 Å². The Kier molecular flexibility index (Phi) is 7.00. The molecule has 0 aromatic heterocycles. The fourth-order valence-electron chi connectivity index (χ4n) is 2.00. The van der Waals surface area contributed by atoms with Crippen LogP contribution in [0.5, 0.6) is 0 Å². The van der Waals surface area contributed by atoms with Gasteiger partial charge in [-0.05, 0) is 42.0 Å². The molecule has 0 unspecified atom stereocenters. The molecular weight excluding hydrogens is 294 g/mol. The first-order chi connectivity index (χ1) is 10.8. The van der Waals surface area contributed by atoms with Crippen molar-refractivity contribution in [1.29, 1.82) is 0 Å². The van der Waals surface area contributed by atoms with Crippen molar-refractivity contribution in [2.45, 2.75) is 17.9 Å². The standard InChI is InChI=1S/C18H21NO2S/c1-21-14-15-8-10-16(11-9-15)18(20)19-12-5-13-22-17-6-3-2-4-7-17/h2-4,6-11H,5,12-14H2,1H3,(H,19,20). The van der Waals surface area contributed by atoms with E-state index in [-0.39, 0.29) is 5.91 Å². The van der Waals surface area contributed by atoms with Gasteiger partial charge in [0.15, 0.2) is 0 Å². The molecular formula is C18H21NO2S. The van der Waals surface area contributed by atoms with E-state index < -0.39 is 0 Å². The Morgan fingerprint density at radius 1 is 1.09 bits per heavy atom. The molecule has 116 valence electrons. The number of methoxy groups -OCH3 is 1. The second-order valence-electron chi connectivity index (χ2n) is 4.90. The average molecular weight is 315 g/mol. The molecule has 0 spiro atoms. The van der Waals surface area contributed by atoms with E-state index in [1.165, 1.54) is 4.90 Å². The van der Waals surface area contributed by atoms with Crippen molar-refractivity contribution in [3.63, 3.8) is 0 Å². The van der Waals surface area contributed by atoms with Crippen molar-refractivity contribution in [2.24, 2.45) is 0 Å². The first kappa shape index (κ1) is 16.6. The number of hydrogen-bond donors (Lipinski definition) is 1. The van der Waals surface area contributed by atoms with E-state index in [1.807, 2.05) is 54.2 Å². The summed E-state index contributed by atoms with van der Waals surface area (Å²) >= 11 is 1.81. The van der Waals surface area contributed by atoms with Crippen LogP contribution in [0, 0.1) is 0 Å². The smallest absolute Gasteiger partial charge is 0.251 e. The Labute approximate surface area is 136 Å². The first-order valence-corrected chi connectivity index (χ1v) is 8.32. The lowest BCUT2D eigenvalue weighted by atomic mass is 10.1. The molecule has 22 heavy (non-hydrogen) atoms. The Bertz CT molecular complexity index is 569. The van der Waals surface area contributed by atoms with Crippen molar-refractivity contribution < 1.29 is 9.53 Å². The lowest BCUT2D eigenvalue weighted by molar-refractivity contribution is 0.0953. The second kappa shape index (κ2) is 9.28. The van der Waals surface area contributed by atoms with Crippen molar-refractivity contribution >= 4 is 17.7 Å². The zero-order valence-corrected chi connectivity index (χ0v) is 13.6. The first-order valence-electron chi connectivity index (χ1n) is 7.33. The number of carbonyl (C=O) groups excluding carboxylic acids is 1. The maximum atomic E-state index is 12.0. The Morgan fingerprint density at radius 2 is 1.82 bits per heavy atom. The minimum atomic E-state index is -0.0197. The lowest BCUT2D eigenvalue weighted by Gasteiger charge is -2.06. The summed E-state index contributed by atoms with van der Waals surface area (Å²) in [4.78, 5) is 13.3. The van der Waals surface area contributed by atoms with Gasteiger partial charge in [0.1, 0.15) is 0 Å². The molecule has 0 aliphatic heterocycles. The summed E-state index contributed by atoms with van der Waals surface area (Å²) in [5.41, 5.74) is 1.76. The molecule has 0 heterocycles. The number of carbonyl (C=O) groups is 1. The van der Waals surface area contributed by atoms with E-state index in [2.05, 4.69) is 17.4 Å². The largest absolute Gasteiger partial charge is 0.380 e. The molecule has 0 aliphatic carbocycles. The van der Waals surface area contributed by atoms with Crippen LogP contribution in [0.3, 0.4) is 0 Å². The summed E-state index contributed by atoms with van der Waals surface area (Å²) in [6, 6.07) is 17.8. The number of ether oxygens (including phenoxy) is 1. The third kappa shape index (κ3) is 5.54. The van der Waals surface area contributed by atoms with Crippen LogP contribution in [-0.2, 0) is 11.3 Å². The van der Waals surface area contributed by atoms with Gasteiger partial charge < -0.3 is 10.1 Å². The molecule has 0 radical (unpaired) electrons. The highest BCUT2D eigenvalue weighted by Crippen LogP contribution is 2.17. The minimum Gasteiger partial charge on any atom is -0.380 e. The average Bonchev–Trinajstić information content (AvgIpc) is 2.56. The lowest BCUT2D eigenvalue weighted by Crippen LogP contribution is -2.24. The predicted octanol–water partition coefficient (Wildman–Crippen LogP) is 3.75. The van der Waals surface area contributed by atoms with Gasteiger partial charge in [0.25, 0.3) is 5.91 Å². The quantitative estimate of drug-likeness (QED) is 0.595. The molecule has 0 fully saturated rings. The predicted molar refractivity (Wildman–Crippen MR) is 91.3 cm³/mol. The second-order valence-corrected chi connectivity index (χ2v) is 6.07. The van der Waals surface area contributed by atoms with Crippen molar-refractivity contribution in [2.75, 3.05) is 19.4 Å². The van der Waals surface area contributed by atoms with E-state index in [0.717, 1.165) is 17.7 Å². The zero-order valence-electron chi connectivity index (χ0n) is 12.7. The Balaban J connectivity index is 1.67. The molecule has 0 saturated carbocycles. The van der Waals surface area contributed by atoms with E-state index >= 15 is 0 Å². The van der Waals surface area contributed by atoms with Crippen LogP contribution in [0.4, 0.5) is 0 Å². The van der Waals surface area contributed by atoms with Crippen LogP contribution in [0.2, 0.25) is 0 Å². The monoisotopic (exact) mass is 315 g/mol. The summed E-state index contributed by atoms with van der Waals surface area (Å²) in [6.45, 7) is 1.26. The Hall–Kier alpha value is -1.78. The van der Waals surface area contributed by atoms with Gasteiger partial charge in [0.05, 0.1) is 6.61 Å². The van der Waals surface area contributed by atoms with E-state index in [0.29, 0.717) is 18.7 Å². The highest BCUT2D eigenvalue weighted by molar-refractivity contribution is 7.99. The molecule has 2 rings (SSSR count). The van der Waals surface area contributed by atoms with Gasteiger partial charge in [-0.3, -0.25) is 4.79 Å². The third-order valence-corrected chi connectivity index (χ3v) is 4.24. The fourth-order valence-corrected chi connectivity index (χ4v) is 2.88. The zero-order chi connectivity index (χ0) is 15.6. The highest BCUT2D eigenvalue weighted by Gasteiger charge is 2.04. The molecule has 0 bridgehead atoms. The van der Waals surface area contributed by atoms with Crippen molar-refractivity contribution in [1.82, 2.24) is 5.32 Å². The number of nitrogens with one attached hydrogen (secondary N) is 1. The third-order valence-electron chi connectivity index (χ3n) is 3.15. The van der Waals surface area contributed by atoms with Crippen LogP contribution >= 0.6 is 11.8 Å². The maximum Gasteiger partial charge on any atom is 0.251 e. The summed E-state index contributed by atoms with van der Waals surface area (Å²) in [5, 5.41) is 2.95. The van der Waals surface area contributed by atoms with E-state index in [1.54, 1.807) is 7.11 Å². The number of thioether (sulfide) groups is 1. The van der Waals surface area contributed by atoms with Gasteiger partial charge >= 0.3 is 0 Å². The molecule has 3 nitrogen and oxygen atoms in total. The Morgan fingerprint density at radius 3 is 2.50 bits per heavy atom. The van der Waals surface area contributed by atoms with Gasteiger partial charge in [-0.15, -0.1) is 11.8 Å². The molecule has 0 aliphatic rings. The fraction of sp³-hybridized carbons (Fsp3) is 0.278. The number of amides is 1. The maximum absolute atomic E-state index is 12.0. The SMILES string of the molecule is COCc1ccc(C(=O)NCCCSc2ccccc2)cc1. The van der Waals surface area contributed by atoms with Gasteiger partial charge in [-0.1, -0.05) is 30.3 Å². The van der Waals surface area contributed by atoms with Gasteiger partial charge in [-0.25, -0.2) is 0 Å². The summed E-state index contributed by atoms with van der Waals surface area (Å²) in [5.74, 6) is 0.977. The van der Waals surface area contributed by atoms with Crippen LogP contribution < -0.4 is 5.32 Å². The molecule has 1 N–H and O–H groups in total. The molecule has 1 amide bonds. The molecule has 0 atom stereocenters. The van der Waals surface area contributed by atoms with Crippen LogP contribution in [-0.4, -0.2) is 25.3 Å². The summed E-state index contributed by atoms with van der Waals surface area (Å²) in [6.07, 6.45) is 0.951. The molecule has 2 aromatic carbocycles. The number of benzene rings is 2. The number of hydrogen-bond acceptors (Lipinski definition) is 3. The van der Waals surface area contributed by atoms with E-state index in [9.17, 15) is 4.79 Å². The van der Waals surface area contributed by atoms with Crippen molar-refractivity contribution in [3.05, 3.63) is 65.7 Å². The summed E-state index contributed by atoms with van der Waals surface area (Å²) in [7, 11) is 1.66. The van der Waals surface area contributed by atoms with Gasteiger partial charge in [-0.2, -0.15) is 0 Å². The number of rotatable bonds is 8. The highest BCUT2D eigenvalue weighted by atomic mass is 32.2. The normalized spacial score (nSPS) is 10.4. The topological polar surface area (TPSA) is 38.3 Å². The van der Waals surface area contributed by atoms with Crippen LogP contribution in [0.25, 0.3) is 0 Å². The molecule has 2 aromatic rings. The molecule has 4 heteroatoms. The molecule has 0 saturated heterocycles. The van der Waals surface area contributed by atoms with Gasteiger partial charge in [0, 0.05) is 24.1 Å².